The lowest BCUT2D eigenvalue weighted by atomic mass is 9.82. The van der Waals surface area contributed by atoms with Crippen LogP contribution in [0.1, 0.15) is 25.3 Å². The van der Waals surface area contributed by atoms with E-state index in [0.29, 0.717) is 16.3 Å². The summed E-state index contributed by atoms with van der Waals surface area (Å²) in [6.45, 7) is 3.34. The number of nitro groups is 1. The average molecular weight is 296 g/mol. The molecule has 0 saturated heterocycles. The van der Waals surface area contributed by atoms with Crippen molar-refractivity contribution >= 4 is 17.6 Å². The Bertz CT molecular complexity index is 593. The van der Waals surface area contributed by atoms with Crippen LogP contribution in [0.15, 0.2) is 29.8 Å². The highest BCUT2D eigenvalue weighted by molar-refractivity contribution is 6.30. The molecular formula is C14H14ClNO4. The van der Waals surface area contributed by atoms with E-state index in [9.17, 15) is 14.9 Å². The molecule has 0 N–H and O–H groups in total. The van der Waals surface area contributed by atoms with E-state index in [4.69, 9.17) is 16.3 Å². The van der Waals surface area contributed by atoms with Crippen LogP contribution in [0.5, 0.6) is 5.75 Å². The molecule has 1 aromatic rings. The largest absolute Gasteiger partial charge is 0.426 e. The zero-order valence-corrected chi connectivity index (χ0v) is 11.9. The van der Waals surface area contributed by atoms with E-state index in [1.807, 2.05) is 13.8 Å². The van der Waals surface area contributed by atoms with Gasteiger partial charge in [0.05, 0.1) is 11.8 Å². The highest BCUT2D eigenvalue weighted by Gasteiger charge is 2.39. The first-order chi connectivity index (χ1) is 9.38. The molecule has 1 aliphatic heterocycles. The van der Waals surface area contributed by atoms with Crippen LogP contribution in [0.2, 0.25) is 5.02 Å². The van der Waals surface area contributed by atoms with Gasteiger partial charge in [0.15, 0.2) is 0 Å². The van der Waals surface area contributed by atoms with Crippen molar-refractivity contribution in [3.8, 4) is 5.75 Å². The first-order valence-electron chi connectivity index (χ1n) is 6.16. The van der Waals surface area contributed by atoms with Gasteiger partial charge in [-0.15, -0.1) is 0 Å². The van der Waals surface area contributed by atoms with Gasteiger partial charge in [0.2, 0.25) is 6.54 Å². The molecule has 0 fully saturated rings. The minimum atomic E-state index is -0.656. The van der Waals surface area contributed by atoms with Gasteiger partial charge in [0.1, 0.15) is 5.75 Å². The molecule has 6 heteroatoms. The summed E-state index contributed by atoms with van der Waals surface area (Å²) in [5, 5.41) is 11.4. The third kappa shape index (κ3) is 2.99. The van der Waals surface area contributed by atoms with Crippen LogP contribution in [0, 0.1) is 16.0 Å². The number of carbonyl (C=O) groups is 1. The maximum atomic E-state index is 12.0. The third-order valence-corrected chi connectivity index (χ3v) is 3.38. The Labute approximate surface area is 121 Å². The van der Waals surface area contributed by atoms with Crippen LogP contribution in [0.25, 0.3) is 0 Å². The van der Waals surface area contributed by atoms with Gasteiger partial charge >= 0.3 is 5.97 Å². The average Bonchev–Trinajstić information content (AvgIpc) is 2.33. The molecular weight excluding hydrogens is 282 g/mol. The molecule has 1 aromatic carbocycles. The summed E-state index contributed by atoms with van der Waals surface area (Å²) in [7, 11) is 0. The van der Waals surface area contributed by atoms with E-state index in [-0.39, 0.29) is 6.54 Å². The molecule has 2 atom stereocenters. The molecule has 0 spiro atoms. The maximum absolute atomic E-state index is 12.0. The minimum Gasteiger partial charge on any atom is -0.426 e. The molecule has 5 nitrogen and oxygen atoms in total. The SMILES string of the molecule is CC(C)=C[C@@H]1C(=O)Oc2ccc(Cl)cc2[C@@H]1C[N+](=O)[O-]. The summed E-state index contributed by atoms with van der Waals surface area (Å²) in [4.78, 5) is 22.5. The summed E-state index contributed by atoms with van der Waals surface area (Å²) in [5.74, 6) is -1.33. The third-order valence-electron chi connectivity index (χ3n) is 3.15. The molecule has 0 aliphatic carbocycles. The number of allylic oxidation sites excluding steroid dienone is 1. The number of hydrogen-bond donors (Lipinski definition) is 0. The number of nitrogens with zero attached hydrogens (tertiary/aromatic N) is 1. The number of rotatable bonds is 3. The second-order valence-electron chi connectivity index (χ2n) is 4.99. The number of ether oxygens (including phenoxy) is 1. The number of fused-ring (bicyclic) bond motifs is 1. The van der Waals surface area contributed by atoms with Gasteiger partial charge in [-0.25, -0.2) is 0 Å². The topological polar surface area (TPSA) is 69.4 Å². The number of carbonyl (C=O) groups excluding carboxylic acids is 1. The van der Waals surface area contributed by atoms with E-state index in [1.54, 1.807) is 24.3 Å². The quantitative estimate of drug-likeness (QED) is 0.282. The van der Waals surface area contributed by atoms with Crippen LogP contribution in [-0.4, -0.2) is 17.4 Å². The molecule has 0 radical (unpaired) electrons. The van der Waals surface area contributed by atoms with Crippen LogP contribution < -0.4 is 4.74 Å². The van der Waals surface area contributed by atoms with E-state index in [1.165, 1.54) is 0 Å². The second kappa shape index (κ2) is 5.63. The highest BCUT2D eigenvalue weighted by Crippen LogP contribution is 2.40. The van der Waals surface area contributed by atoms with Crippen molar-refractivity contribution in [3.05, 3.63) is 50.5 Å². The molecule has 0 bridgehead atoms. The van der Waals surface area contributed by atoms with Crippen molar-refractivity contribution in [2.75, 3.05) is 6.54 Å². The Balaban J connectivity index is 2.52. The first-order valence-corrected chi connectivity index (χ1v) is 6.54. The van der Waals surface area contributed by atoms with Gasteiger partial charge in [-0.1, -0.05) is 23.3 Å². The van der Waals surface area contributed by atoms with E-state index in [2.05, 4.69) is 0 Å². The molecule has 20 heavy (non-hydrogen) atoms. The van der Waals surface area contributed by atoms with Crippen LogP contribution >= 0.6 is 11.6 Å². The van der Waals surface area contributed by atoms with Gasteiger partial charge in [0.25, 0.3) is 0 Å². The fourth-order valence-electron chi connectivity index (χ4n) is 2.35. The zero-order chi connectivity index (χ0) is 14.9. The van der Waals surface area contributed by atoms with Crippen molar-refractivity contribution < 1.29 is 14.5 Å². The fraction of sp³-hybridized carbons (Fsp3) is 0.357. The molecule has 2 rings (SSSR count). The van der Waals surface area contributed by atoms with Crippen molar-refractivity contribution in [1.82, 2.24) is 0 Å². The number of halogens is 1. The Morgan fingerprint density at radius 1 is 1.50 bits per heavy atom. The Morgan fingerprint density at radius 3 is 2.80 bits per heavy atom. The first kappa shape index (κ1) is 14.5. The highest BCUT2D eigenvalue weighted by atomic mass is 35.5. The Hall–Kier alpha value is -1.88. The van der Waals surface area contributed by atoms with Crippen LogP contribution in [0.4, 0.5) is 0 Å². The number of benzene rings is 1. The van der Waals surface area contributed by atoms with Gasteiger partial charge in [-0.05, 0) is 32.0 Å². The predicted octanol–water partition coefficient (Wildman–Crippen LogP) is 3.20. The van der Waals surface area contributed by atoms with Crippen molar-refractivity contribution in [1.29, 1.82) is 0 Å². The lowest BCUT2D eigenvalue weighted by Crippen LogP contribution is -2.34. The molecule has 106 valence electrons. The lowest BCUT2D eigenvalue weighted by molar-refractivity contribution is -0.484. The molecule has 0 unspecified atom stereocenters. The Kier molecular flexibility index (Phi) is 4.09. The van der Waals surface area contributed by atoms with Crippen molar-refractivity contribution in [3.63, 3.8) is 0 Å². The van der Waals surface area contributed by atoms with E-state index in [0.717, 1.165) is 5.57 Å². The van der Waals surface area contributed by atoms with Gasteiger partial charge < -0.3 is 4.74 Å². The van der Waals surface area contributed by atoms with Crippen molar-refractivity contribution in [2.45, 2.75) is 19.8 Å². The van der Waals surface area contributed by atoms with Crippen molar-refractivity contribution in [2.24, 2.45) is 5.92 Å². The normalized spacial score (nSPS) is 20.9. The predicted molar refractivity (Wildman–Crippen MR) is 74.6 cm³/mol. The number of esters is 1. The van der Waals surface area contributed by atoms with Crippen LogP contribution in [0.3, 0.4) is 0 Å². The van der Waals surface area contributed by atoms with E-state index >= 15 is 0 Å². The molecule has 0 amide bonds. The molecule has 0 saturated carbocycles. The van der Waals surface area contributed by atoms with E-state index < -0.39 is 22.7 Å². The molecule has 1 heterocycles. The standard InChI is InChI=1S/C14H14ClNO4/c1-8(2)5-11-12(7-16(18)19)10-6-9(15)3-4-13(10)20-14(11)17/h3-6,11-12H,7H2,1-2H3/t11-,12-/m0/s1. The Morgan fingerprint density at radius 2 is 2.20 bits per heavy atom. The summed E-state index contributed by atoms with van der Waals surface area (Å²) >= 11 is 5.94. The number of hydrogen-bond acceptors (Lipinski definition) is 4. The lowest BCUT2D eigenvalue weighted by Gasteiger charge is -2.28. The zero-order valence-electron chi connectivity index (χ0n) is 11.1. The summed E-state index contributed by atoms with van der Waals surface area (Å²) in [6.07, 6.45) is 1.71. The summed E-state index contributed by atoms with van der Waals surface area (Å²) in [5.41, 5.74) is 1.52. The van der Waals surface area contributed by atoms with Gasteiger partial charge in [0, 0.05) is 15.5 Å². The second-order valence-corrected chi connectivity index (χ2v) is 5.43. The van der Waals surface area contributed by atoms with Crippen LogP contribution in [-0.2, 0) is 4.79 Å². The monoisotopic (exact) mass is 295 g/mol. The molecule has 0 aromatic heterocycles. The maximum Gasteiger partial charge on any atom is 0.319 e. The van der Waals surface area contributed by atoms with Gasteiger partial charge in [-0.3, -0.25) is 14.9 Å². The van der Waals surface area contributed by atoms with Gasteiger partial charge in [-0.2, -0.15) is 0 Å². The summed E-state index contributed by atoms with van der Waals surface area (Å²) < 4.78 is 5.25. The molecule has 1 aliphatic rings. The minimum absolute atomic E-state index is 0.336. The summed E-state index contributed by atoms with van der Waals surface area (Å²) in [6, 6.07) is 4.79. The fourth-order valence-corrected chi connectivity index (χ4v) is 2.53. The smallest absolute Gasteiger partial charge is 0.319 e.